The molecular formula is C12H10Fe. The normalized spacial score (nSPS) is 10.2. The topological polar surface area (TPSA) is 0 Å². The molecule has 0 fully saturated rings. The van der Waals surface area contributed by atoms with Crippen LogP contribution in [0.5, 0.6) is 0 Å². The second-order valence-corrected chi connectivity index (χ2v) is 4.20. The predicted molar refractivity (Wildman–Crippen MR) is 52.2 cm³/mol. The van der Waals surface area contributed by atoms with Crippen molar-refractivity contribution in [2.75, 3.05) is 0 Å². The van der Waals surface area contributed by atoms with Crippen LogP contribution < -0.4 is 8.92 Å². The molecule has 0 nitrogen and oxygen atoms in total. The first-order valence-electron chi connectivity index (χ1n) is 4.17. The van der Waals surface area contributed by atoms with Gasteiger partial charge in [0.25, 0.3) is 0 Å². The van der Waals surface area contributed by atoms with Gasteiger partial charge in [-0.3, -0.25) is 0 Å². The second-order valence-electron chi connectivity index (χ2n) is 2.65. The van der Waals surface area contributed by atoms with Gasteiger partial charge in [0.2, 0.25) is 0 Å². The summed E-state index contributed by atoms with van der Waals surface area (Å²) in [4.78, 5) is 0. The van der Waals surface area contributed by atoms with E-state index in [9.17, 15) is 0 Å². The molecule has 0 radical (unpaired) electrons. The van der Waals surface area contributed by atoms with Crippen LogP contribution in [-0.2, 0) is 15.0 Å². The zero-order valence-electron chi connectivity index (χ0n) is 7.13. The number of rotatable bonds is 2. The van der Waals surface area contributed by atoms with Crippen LogP contribution >= 0.6 is 0 Å². The van der Waals surface area contributed by atoms with Gasteiger partial charge in [0.1, 0.15) is 0 Å². The van der Waals surface area contributed by atoms with E-state index in [-0.39, 0.29) is 0 Å². The van der Waals surface area contributed by atoms with E-state index in [1.54, 1.807) is 0 Å². The quantitative estimate of drug-likeness (QED) is 0.662. The first kappa shape index (κ1) is 8.55. The summed E-state index contributed by atoms with van der Waals surface area (Å²) in [6.45, 7) is 0. The summed E-state index contributed by atoms with van der Waals surface area (Å²) in [5, 5.41) is 0. The van der Waals surface area contributed by atoms with Crippen LogP contribution in [0.3, 0.4) is 0 Å². The van der Waals surface area contributed by atoms with Gasteiger partial charge < -0.3 is 0 Å². The molecule has 0 amide bonds. The molecule has 0 saturated heterocycles. The summed E-state index contributed by atoms with van der Waals surface area (Å²) >= 11 is 1.03. The second kappa shape index (κ2) is 4.27. The standard InChI is InChI=1S/2C6H5.Fe/c2*1-2-4-6-5-3-1;/h2*1-5H;. The Morgan fingerprint density at radius 1 is 0.538 bits per heavy atom. The molecule has 0 aromatic heterocycles. The Morgan fingerprint density at radius 2 is 0.923 bits per heavy atom. The van der Waals surface area contributed by atoms with Crippen molar-refractivity contribution >= 4 is 8.92 Å². The number of benzene rings is 2. The van der Waals surface area contributed by atoms with Crippen LogP contribution in [-0.4, -0.2) is 0 Å². The first-order valence-corrected chi connectivity index (χ1v) is 5.28. The van der Waals surface area contributed by atoms with Crippen LogP contribution in [0.2, 0.25) is 0 Å². The van der Waals surface area contributed by atoms with E-state index >= 15 is 0 Å². The summed E-state index contributed by atoms with van der Waals surface area (Å²) in [5.74, 6) is 0. The molecule has 0 unspecified atom stereocenters. The molecule has 0 atom stereocenters. The summed E-state index contributed by atoms with van der Waals surface area (Å²) in [6, 6.07) is 21.1. The van der Waals surface area contributed by atoms with Gasteiger partial charge in [0.15, 0.2) is 0 Å². The van der Waals surface area contributed by atoms with Crippen molar-refractivity contribution < 1.29 is 15.0 Å². The van der Waals surface area contributed by atoms with E-state index in [4.69, 9.17) is 0 Å². The summed E-state index contributed by atoms with van der Waals surface area (Å²) in [6.07, 6.45) is 0. The van der Waals surface area contributed by atoms with Gasteiger partial charge in [0.05, 0.1) is 0 Å². The van der Waals surface area contributed by atoms with Crippen molar-refractivity contribution in [3.63, 3.8) is 0 Å². The maximum absolute atomic E-state index is 2.16. The first-order chi connectivity index (χ1) is 6.45. The SMILES string of the molecule is c1cc[c]([Fe][c]2ccccc2)cc1. The Labute approximate surface area is 84.8 Å². The van der Waals surface area contributed by atoms with Crippen LogP contribution in [0.25, 0.3) is 0 Å². The minimum absolute atomic E-state index is 1.03. The zero-order chi connectivity index (χ0) is 8.93. The van der Waals surface area contributed by atoms with Gasteiger partial charge in [-0.1, -0.05) is 0 Å². The molecule has 13 heavy (non-hydrogen) atoms. The Balaban J connectivity index is 2.16. The molecule has 0 bridgehead atoms. The predicted octanol–water partition coefficient (Wildman–Crippen LogP) is 1.72. The maximum atomic E-state index is 2.16. The Hall–Kier alpha value is -1.04. The van der Waals surface area contributed by atoms with Gasteiger partial charge in [-0.05, 0) is 0 Å². The Morgan fingerprint density at radius 3 is 1.31 bits per heavy atom. The fourth-order valence-corrected chi connectivity index (χ4v) is 2.22. The molecule has 0 aliphatic rings. The molecule has 0 heterocycles. The summed E-state index contributed by atoms with van der Waals surface area (Å²) in [7, 11) is 0. The van der Waals surface area contributed by atoms with Crippen LogP contribution in [0.1, 0.15) is 0 Å². The summed E-state index contributed by atoms with van der Waals surface area (Å²) < 4.78 is 2.74. The number of hydrogen-bond acceptors (Lipinski definition) is 0. The van der Waals surface area contributed by atoms with E-state index < -0.39 is 0 Å². The molecule has 0 aliphatic carbocycles. The molecule has 2 aromatic carbocycles. The molecule has 0 saturated carbocycles. The van der Waals surface area contributed by atoms with E-state index in [1.165, 1.54) is 8.92 Å². The monoisotopic (exact) mass is 210 g/mol. The fraction of sp³-hybridized carbons (Fsp3) is 0. The zero-order valence-corrected chi connectivity index (χ0v) is 8.23. The molecule has 0 aliphatic heterocycles. The molecule has 0 spiro atoms. The third kappa shape index (κ3) is 2.45. The fourth-order valence-electron chi connectivity index (χ4n) is 1.06. The van der Waals surface area contributed by atoms with Crippen LogP contribution in [0.15, 0.2) is 60.7 Å². The van der Waals surface area contributed by atoms with Crippen molar-refractivity contribution in [1.82, 2.24) is 0 Å². The average molecular weight is 210 g/mol. The molecule has 2 rings (SSSR count). The summed E-state index contributed by atoms with van der Waals surface area (Å²) in [5.41, 5.74) is 0. The van der Waals surface area contributed by atoms with E-state index in [1.807, 2.05) is 0 Å². The molecule has 1 heteroatoms. The van der Waals surface area contributed by atoms with Gasteiger partial charge in [-0.15, -0.1) is 0 Å². The van der Waals surface area contributed by atoms with Crippen molar-refractivity contribution in [2.45, 2.75) is 0 Å². The van der Waals surface area contributed by atoms with Crippen molar-refractivity contribution in [3.05, 3.63) is 60.7 Å². The van der Waals surface area contributed by atoms with E-state index in [2.05, 4.69) is 60.7 Å². The van der Waals surface area contributed by atoms with Crippen molar-refractivity contribution in [3.8, 4) is 0 Å². The third-order valence-electron chi connectivity index (χ3n) is 1.65. The van der Waals surface area contributed by atoms with E-state index in [0.29, 0.717) is 0 Å². The van der Waals surface area contributed by atoms with Gasteiger partial charge in [-0.2, -0.15) is 0 Å². The van der Waals surface area contributed by atoms with Crippen LogP contribution in [0.4, 0.5) is 0 Å². The van der Waals surface area contributed by atoms with Gasteiger partial charge in [-0.25, -0.2) is 0 Å². The van der Waals surface area contributed by atoms with Crippen molar-refractivity contribution in [2.24, 2.45) is 0 Å². The third-order valence-corrected chi connectivity index (χ3v) is 3.03. The average Bonchev–Trinajstić information content (AvgIpc) is 2.21. The molecule has 66 valence electrons. The molecule has 0 N–H and O–H groups in total. The Bertz CT molecular complexity index is 316. The molecular weight excluding hydrogens is 200 g/mol. The number of hydrogen-bond donors (Lipinski definition) is 0. The van der Waals surface area contributed by atoms with Gasteiger partial charge >= 0.3 is 84.5 Å². The minimum atomic E-state index is 1.03. The van der Waals surface area contributed by atoms with Crippen LogP contribution in [0, 0.1) is 0 Å². The van der Waals surface area contributed by atoms with E-state index in [0.717, 1.165) is 15.0 Å². The molecule has 2 aromatic rings. The van der Waals surface area contributed by atoms with Crippen molar-refractivity contribution in [1.29, 1.82) is 0 Å². The Kier molecular flexibility index (Phi) is 2.81. The van der Waals surface area contributed by atoms with Gasteiger partial charge in [0, 0.05) is 0 Å².